The lowest BCUT2D eigenvalue weighted by molar-refractivity contribution is -0.131. The summed E-state index contributed by atoms with van der Waals surface area (Å²) in [4.78, 5) is 24.1. The second-order valence-electron chi connectivity index (χ2n) is 2.13. The second kappa shape index (κ2) is 3.49. The molecule has 1 aromatic rings. The molecule has 0 aromatic carbocycles. The molecule has 0 saturated heterocycles. The Hall–Kier alpha value is -1.49. The molecule has 0 unspecified atom stereocenters. The van der Waals surface area contributed by atoms with Crippen LogP contribution in [0.5, 0.6) is 0 Å². The van der Waals surface area contributed by atoms with Crippen molar-refractivity contribution in [2.75, 3.05) is 0 Å². The molecule has 68 valence electrons. The number of nitrogens with zero attached hydrogens (tertiary/aromatic N) is 1. The number of aliphatic carboxylic acids is 1. The minimum Gasteiger partial charge on any atom is -0.475 e. The zero-order valence-corrected chi connectivity index (χ0v) is 6.88. The van der Waals surface area contributed by atoms with Gasteiger partial charge in [-0.1, -0.05) is 11.6 Å². The summed E-state index contributed by atoms with van der Waals surface area (Å²) >= 11 is 5.39. The summed E-state index contributed by atoms with van der Waals surface area (Å²) in [5, 5.41) is 8.27. The Morgan fingerprint density at radius 1 is 1.54 bits per heavy atom. The maximum atomic E-state index is 12.7. The van der Waals surface area contributed by atoms with Crippen molar-refractivity contribution < 1.29 is 19.1 Å². The van der Waals surface area contributed by atoms with Gasteiger partial charge in [0.15, 0.2) is 0 Å². The van der Waals surface area contributed by atoms with Gasteiger partial charge in [0.2, 0.25) is 5.95 Å². The molecule has 6 heteroatoms. The molecular formula is C7H3ClFNO3. The van der Waals surface area contributed by atoms with Crippen LogP contribution in [0, 0.1) is 5.95 Å². The minimum atomic E-state index is -1.75. The topological polar surface area (TPSA) is 67.3 Å². The van der Waals surface area contributed by atoms with E-state index in [1.165, 1.54) is 0 Å². The first kappa shape index (κ1) is 9.60. The first-order valence-corrected chi connectivity index (χ1v) is 3.49. The molecule has 0 radical (unpaired) electrons. The molecule has 4 nitrogen and oxygen atoms in total. The van der Waals surface area contributed by atoms with E-state index >= 15 is 0 Å². The number of hydrogen-bond donors (Lipinski definition) is 1. The number of rotatable bonds is 2. The second-order valence-corrected chi connectivity index (χ2v) is 2.56. The SMILES string of the molecule is O=C(O)C(=O)c1cc(Cl)cnc1F. The van der Waals surface area contributed by atoms with Crippen LogP contribution >= 0.6 is 11.6 Å². The van der Waals surface area contributed by atoms with Crippen LogP contribution in [-0.2, 0) is 4.79 Å². The first-order valence-electron chi connectivity index (χ1n) is 3.11. The number of carbonyl (C=O) groups excluding carboxylic acids is 1. The minimum absolute atomic E-state index is 0.00556. The number of carboxylic acids is 1. The molecule has 0 fully saturated rings. The first-order chi connectivity index (χ1) is 6.02. The highest BCUT2D eigenvalue weighted by atomic mass is 35.5. The van der Waals surface area contributed by atoms with Crippen molar-refractivity contribution in [3.63, 3.8) is 0 Å². The number of ketones is 1. The van der Waals surface area contributed by atoms with Crippen molar-refractivity contribution in [2.45, 2.75) is 0 Å². The van der Waals surface area contributed by atoms with Crippen molar-refractivity contribution in [3.8, 4) is 0 Å². The number of hydrogen-bond acceptors (Lipinski definition) is 3. The molecule has 1 rings (SSSR count). The van der Waals surface area contributed by atoms with Crippen LogP contribution in [0.1, 0.15) is 10.4 Å². The maximum absolute atomic E-state index is 12.7. The van der Waals surface area contributed by atoms with E-state index in [2.05, 4.69) is 4.98 Å². The monoisotopic (exact) mass is 203 g/mol. The van der Waals surface area contributed by atoms with E-state index in [1.807, 2.05) is 0 Å². The third kappa shape index (κ3) is 2.00. The smallest absolute Gasteiger partial charge is 0.377 e. The lowest BCUT2D eigenvalue weighted by Gasteiger charge is -1.97. The molecule has 0 spiro atoms. The highest BCUT2D eigenvalue weighted by molar-refractivity contribution is 6.40. The summed E-state index contributed by atoms with van der Waals surface area (Å²) in [6, 6.07) is 0.917. The van der Waals surface area contributed by atoms with Gasteiger partial charge in [0.25, 0.3) is 5.78 Å². The van der Waals surface area contributed by atoms with E-state index in [0.29, 0.717) is 0 Å². The molecule has 1 N–H and O–H groups in total. The van der Waals surface area contributed by atoms with Gasteiger partial charge in [0.05, 0.1) is 10.6 Å². The number of Topliss-reactive ketones (excluding diaryl/α,β-unsaturated/α-hetero) is 1. The van der Waals surface area contributed by atoms with E-state index in [4.69, 9.17) is 16.7 Å². The number of halogens is 2. The van der Waals surface area contributed by atoms with Gasteiger partial charge in [-0.05, 0) is 6.07 Å². The van der Waals surface area contributed by atoms with E-state index in [0.717, 1.165) is 12.3 Å². The van der Waals surface area contributed by atoms with Crippen LogP contribution in [0.4, 0.5) is 4.39 Å². The molecule has 1 aromatic heterocycles. The Morgan fingerprint density at radius 3 is 2.69 bits per heavy atom. The third-order valence-electron chi connectivity index (χ3n) is 1.24. The van der Waals surface area contributed by atoms with Crippen LogP contribution in [0.25, 0.3) is 0 Å². The molecule has 0 atom stereocenters. The van der Waals surface area contributed by atoms with Gasteiger partial charge in [-0.2, -0.15) is 4.39 Å². The standard InChI is InChI=1S/C7H3ClFNO3/c8-3-1-4(5(11)7(12)13)6(9)10-2-3/h1-2H,(H,12,13). The zero-order valence-electron chi connectivity index (χ0n) is 6.12. The molecule has 0 amide bonds. The van der Waals surface area contributed by atoms with Crippen LogP contribution < -0.4 is 0 Å². The summed E-state index contributed by atoms with van der Waals surface area (Å²) < 4.78 is 12.7. The van der Waals surface area contributed by atoms with Gasteiger partial charge >= 0.3 is 5.97 Å². The Labute approximate surface area is 77.0 Å². The van der Waals surface area contributed by atoms with Crippen LogP contribution in [0.3, 0.4) is 0 Å². The number of aromatic nitrogens is 1. The fourth-order valence-electron chi connectivity index (χ4n) is 0.697. The van der Waals surface area contributed by atoms with Crippen molar-refractivity contribution in [1.29, 1.82) is 0 Å². The number of carboxylic acid groups (broad SMARTS) is 1. The summed E-state index contributed by atoms with van der Waals surface area (Å²) in [6.45, 7) is 0. The van der Waals surface area contributed by atoms with Gasteiger partial charge in [0.1, 0.15) is 0 Å². The van der Waals surface area contributed by atoms with E-state index in [1.54, 1.807) is 0 Å². The average molecular weight is 204 g/mol. The fraction of sp³-hybridized carbons (Fsp3) is 0. The molecule has 0 aliphatic carbocycles. The van der Waals surface area contributed by atoms with E-state index in [9.17, 15) is 14.0 Å². The molecular weight excluding hydrogens is 201 g/mol. The summed E-state index contributed by atoms with van der Waals surface area (Å²) in [6.07, 6.45) is 0.982. The molecule has 1 heterocycles. The van der Waals surface area contributed by atoms with Gasteiger partial charge < -0.3 is 5.11 Å². The van der Waals surface area contributed by atoms with Gasteiger partial charge in [-0.25, -0.2) is 9.78 Å². The lowest BCUT2D eigenvalue weighted by Crippen LogP contribution is -2.15. The summed E-state index contributed by atoms with van der Waals surface area (Å²) in [7, 11) is 0. The lowest BCUT2D eigenvalue weighted by atomic mass is 10.2. The average Bonchev–Trinajstić information content (AvgIpc) is 2.08. The highest BCUT2D eigenvalue weighted by Crippen LogP contribution is 2.12. The number of carbonyl (C=O) groups is 2. The van der Waals surface area contributed by atoms with Crippen LogP contribution in [0.15, 0.2) is 12.3 Å². The fourth-order valence-corrected chi connectivity index (χ4v) is 0.855. The highest BCUT2D eigenvalue weighted by Gasteiger charge is 2.19. The molecule has 0 saturated carbocycles. The Kier molecular flexibility index (Phi) is 2.57. The Bertz CT molecular complexity index is 380. The van der Waals surface area contributed by atoms with Gasteiger partial charge in [-0.15, -0.1) is 0 Å². The Morgan fingerprint density at radius 2 is 2.15 bits per heavy atom. The van der Waals surface area contributed by atoms with Crippen molar-refractivity contribution >= 4 is 23.4 Å². The van der Waals surface area contributed by atoms with Crippen LogP contribution in [0.2, 0.25) is 5.02 Å². The summed E-state index contributed by atoms with van der Waals surface area (Å²) in [5.74, 6) is -4.26. The predicted molar refractivity (Wildman–Crippen MR) is 41.2 cm³/mol. The largest absolute Gasteiger partial charge is 0.475 e. The normalized spacial score (nSPS) is 9.69. The van der Waals surface area contributed by atoms with Crippen molar-refractivity contribution in [3.05, 3.63) is 28.8 Å². The molecule has 0 aliphatic rings. The maximum Gasteiger partial charge on any atom is 0.377 e. The molecule has 0 bridgehead atoms. The molecule has 13 heavy (non-hydrogen) atoms. The van der Waals surface area contributed by atoms with Crippen LogP contribution in [-0.4, -0.2) is 21.8 Å². The Balaban J connectivity index is 3.21. The van der Waals surface area contributed by atoms with Gasteiger partial charge in [-0.3, -0.25) is 4.79 Å². The van der Waals surface area contributed by atoms with Gasteiger partial charge in [0, 0.05) is 6.20 Å². The van der Waals surface area contributed by atoms with Crippen molar-refractivity contribution in [2.24, 2.45) is 0 Å². The number of pyridine rings is 1. The predicted octanol–water partition coefficient (Wildman–Crippen LogP) is 1.14. The van der Waals surface area contributed by atoms with E-state index < -0.39 is 23.3 Å². The quantitative estimate of drug-likeness (QED) is 0.445. The van der Waals surface area contributed by atoms with E-state index in [-0.39, 0.29) is 5.02 Å². The molecule has 0 aliphatic heterocycles. The summed E-state index contributed by atoms with van der Waals surface area (Å²) in [5.41, 5.74) is -0.639. The zero-order chi connectivity index (χ0) is 10.0. The third-order valence-corrected chi connectivity index (χ3v) is 1.45. The van der Waals surface area contributed by atoms with Crippen molar-refractivity contribution in [1.82, 2.24) is 4.98 Å².